The summed E-state index contributed by atoms with van der Waals surface area (Å²) in [6.07, 6.45) is 4.87. The molecule has 15 heavy (non-hydrogen) atoms. The van der Waals surface area contributed by atoms with Crippen LogP contribution in [0.5, 0.6) is 0 Å². The predicted molar refractivity (Wildman–Crippen MR) is 63.7 cm³/mol. The largest absolute Gasteiger partial charge is 0.463 e. The summed E-state index contributed by atoms with van der Waals surface area (Å²) in [7, 11) is 0. The first-order valence-electron chi connectivity index (χ1n) is 6.09. The van der Waals surface area contributed by atoms with Gasteiger partial charge in [0.1, 0.15) is 0 Å². The molecule has 2 unspecified atom stereocenters. The number of carbonyl (C=O) groups excluding carboxylic acids is 1. The van der Waals surface area contributed by atoms with Gasteiger partial charge in [-0.2, -0.15) is 0 Å². The van der Waals surface area contributed by atoms with Crippen LogP contribution in [0.1, 0.15) is 60.3 Å². The summed E-state index contributed by atoms with van der Waals surface area (Å²) in [5.74, 6) is 1.28. The lowest BCUT2D eigenvalue weighted by Gasteiger charge is -2.17. The monoisotopic (exact) mass is 214 g/mol. The van der Waals surface area contributed by atoms with E-state index in [0.29, 0.717) is 5.92 Å². The summed E-state index contributed by atoms with van der Waals surface area (Å²) < 4.78 is 5.11. The van der Waals surface area contributed by atoms with Crippen LogP contribution in [0.4, 0.5) is 0 Å². The van der Waals surface area contributed by atoms with Gasteiger partial charge >= 0.3 is 5.97 Å². The molecule has 0 aromatic carbocycles. The zero-order valence-corrected chi connectivity index (χ0v) is 10.9. The molecule has 0 aromatic heterocycles. The molecule has 90 valence electrons. The molecule has 0 aromatic rings. The lowest BCUT2D eigenvalue weighted by molar-refractivity contribution is -0.146. The predicted octanol–water partition coefficient (Wildman–Crippen LogP) is 3.79. The fourth-order valence-electron chi connectivity index (χ4n) is 1.89. The Morgan fingerprint density at radius 2 is 1.73 bits per heavy atom. The zero-order chi connectivity index (χ0) is 11.8. The Balaban J connectivity index is 3.55. The Morgan fingerprint density at radius 3 is 2.20 bits per heavy atom. The van der Waals surface area contributed by atoms with Gasteiger partial charge in [-0.1, -0.05) is 40.0 Å². The molecule has 0 N–H and O–H groups in total. The molecule has 0 aliphatic heterocycles. The zero-order valence-electron chi connectivity index (χ0n) is 10.9. The third-order valence-corrected chi connectivity index (χ3v) is 2.58. The lowest BCUT2D eigenvalue weighted by atomic mass is 9.95. The first-order valence-corrected chi connectivity index (χ1v) is 6.09. The van der Waals surface area contributed by atoms with Crippen LogP contribution in [-0.4, -0.2) is 12.1 Å². The summed E-state index contributed by atoms with van der Waals surface area (Å²) in [6.45, 7) is 10.2. The van der Waals surface area contributed by atoms with Crippen LogP contribution in [0.2, 0.25) is 0 Å². The van der Waals surface area contributed by atoms with E-state index in [4.69, 9.17) is 4.74 Å². The van der Waals surface area contributed by atoms with Crippen LogP contribution in [0.3, 0.4) is 0 Å². The first-order chi connectivity index (χ1) is 6.91. The van der Waals surface area contributed by atoms with E-state index >= 15 is 0 Å². The van der Waals surface area contributed by atoms with E-state index in [1.54, 1.807) is 0 Å². The maximum absolute atomic E-state index is 10.7. The van der Waals surface area contributed by atoms with Gasteiger partial charge in [0.15, 0.2) is 0 Å². The summed E-state index contributed by atoms with van der Waals surface area (Å²) in [5, 5.41) is 0. The highest BCUT2D eigenvalue weighted by atomic mass is 16.5. The van der Waals surface area contributed by atoms with Gasteiger partial charge in [0.25, 0.3) is 0 Å². The second-order valence-corrected chi connectivity index (χ2v) is 5.09. The maximum atomic E-state index is 10.7. The molecular weight excluding hydrogens is 188 g/mol. The molecule has 0 aliphatic carbocycles. The van der Waals surface area contributed by atoms with Crippen LogP contribution in [0.25, 0.3) is 0 Å². The number of carbonyl (C=O) groups is 1. The minimum absolute atomic E-state index is 0.0662. The Morgan fingerprint density at radius 1 is 1.13 bits per heavy atom. The van der Waals surface area contributed by atoms with Crippen molar-refractivity contribution in [2.24, 2.45) is 11.8 Å². The van der Waals surface area contributed by atoms with Crippen molar-refractivity contribution in [3.8, 4) is 0 Å². The van der Waals surface area contributed by atoms with Crippen molar-refractivity contribution in [3.05, 3.63) is 0 Å². The van der Waals surface area contributed by atoms with E-state index in [-0.39, 0.29) is 12.1 Å². The topological polar surface area (TPSA) is 26.3 Å². The number of esters is 1. The quantitative estimate of drug-likeness (QED) is 0.603. The molecule has 0 rings (SSSR count). The second-order valence-electron chi connectivity index (χ2n) is 5.09. The van der Waals surface area contributed by atoms with Crippen LogP contribution in [-0.2, 0) is 9.53 Å². The number of rotatable bonds is 7. The molecule has 0 saturated heterocycles. The minimum atomic E-state index is -0.170. The van der Waals surface area contributed by atoms with Gasteiger partial charge in [-0.3, -0.25) is 4.79 Å². The standard InChI is InChI=1S/C13H26O2/c1-10(2)7-6-8-11(3)9-12(4)15-13(5)14/h10-12H,6-9H2,1-5H3. The molecule has 2 heteroatoms. The average molecular weight is 214 g/mol. The summed E-state index contributed by atoms with van der Waals surface area (Å²) in [5.41, 5.74) is 0. The molecule has 0 heterocycles. The molecule has 0 bridgehead atoms. The fraction of sp³-hybridized carbons (Fsp3) is 0.923. The Bertz CT molecular complexity index is 175. The van der Waals surface area contributed by atoms with Gasteiger partial charge < -0.3 is 4.74 Å². The van der Waals surface area contributed by atoms with Gasteiger partial charge in [-0.05, 0) is 25.2 Å². The molecule has 0 spiro atoms. The highest BCUT2D eigenvalue weighted by molar-refractivity contribution is 5.66. The lowest BCUT2D eigenvalue weighted by Crippen LogP contribution is -2.15. The molecule has 2 atom stereocenters. The van der Waals surface area contributed by atoms with Crippen molar-refractivity contribution >= 4 is 5.97 Å². The molecule has 0 saturated carbocycles. The second kappa shape index (κ2) is 7.72. The van der Waals surface area contributed by atoms with Crippen LogP contribution in [0, 0.1) is 11.8 Å². The van der Waals surface area contributed by atoms with Crippen molar-refractivity contribution < 1.29 is 9.53 Å². The number of hydrogen-bond donors (Lipinski definition) is 0. The van der Waals surface area contributed by atoms with Crippen LogP contribution in [0.15, 0.2) is 0 Å². The van der Waals surface area contributed by atoms with Crippen molar-refractivity contribution in [3.63, 3.8) is 0 Å². The van der Waals surface area contributed by atoms with Gasteiger partial charge in [-0.25, -0.2) is 0 Å². The van der Waals surface area contributed by atoms with E-state index in [9.17, 15) is 4.79 Å². The Hall–Kier alpha value is -0.530. The van der Waals surface area contributed by atoms with E-state index in [1.807, 2.05) is 6.92 Å². The SMILES string of the molecule is CC(=O)OC(C)CC(C)CCCC(C)C. The van der Waals surface area contributed by atoms with Gasteiger partial charge in [0.2, 0.25) is 0 Å². The molecule has 0 fully saturated rings. The van der Waals surface area contributed by atoms with E-state index in [2.05, 4.69) is 20.8 Å². The normalized spacial score (nSPS) is 15.1. The Labute approximate surface area is 94.4 Å². The smallest absolute Gasteiger partial charge is 0.302 e. The molecular formula is C13H26O2. The van der Waals surface area contributed by atoms with Crippen molar-refractivity contribution in [1.82, 2.24) is 0 Å². The van der Waals surface area contributed by atoms with Gasteiger partial charge in [0, 0.05) is 6.92 Å². The Kier molecular flexibility index (Phi) is 7.45. The summed E-state index contributed by atoms with van der Waals surface area (Å²) in [4.78, 5) is 10.7. The van der Waals surface area contributed by atoms with Crippen LogP contribution < -0.4 is 0 Å². The van der Waals surface area contributed by atoms with E-state index < -0.39 is 0 Å². The highest BCUT2D eigenvalue weighted by Gasteiger charge is 2.11. The fourth-order valence-corrected chi connectivity index (χ4v) is 1.89. The summed E-state index contributed by atoms with van der Waals surface area (Å²) >= 11 is 0. The van der Waals surface area contributed by atoms with Crippen molar-refractivity contribution in [2.75, 3.05) is 0 Å². The molecule has 0 amide bonds. The van der Waals surface area contributed by atoms with Gasteiger partial charge in [-0.15, -0.1) is 0 Å². The first kappa shape index (κ1) is 14.5. The van der Waals surface area contributed by atoms with Crippen molar-refractivity contribution in [1.29, 1.82) is 0 Å². The maximum Gasteiger partial charge on any atom is 0.302 e. The minimum Gasteiger partial charge on any atom is -0.463 e. The molecule has 0 radical (unpaired) electrons. The van der Waals surface area contributed by atoms with Gasteiger partial charge in [0.05, 0.1) is 6.10 Å². The third-order valence-electron chi connectivity index (χ3n) is 2.58. The van der Waals surface area contributed by atoms with Crippen molar-refractivity contribution in [2.45, 2.75) is 66.4 Å². The van der Waals surface area contributed by atoms with E-state index in [0.717, 1.165) is 12.3 Å². The average Bonchev–Trinajstić information content (AvgIpc) is 2.00. The number of hydrogen-bond acceptors (Lipinski definition) is 2. The molecule has 0 aliphatic rings. The highest BCUT2D eigenvalue weighted by Crippen LogP contribution is 2.17. The number of ether oxygens (including phenoxy) is 1. The molecule has 2 nitrogen and oxygen atoms in total. The van der Waals surface area contributed by atoms with E-state index in [1.165, 1.54) is 26.2 Å². The summed E-state index contributed by atoms with van der Waals surface area (Å²) in [6, 6.07) is 0. The third kappa shape index (κ3) is 9.77. The van der Waals surface area contributed by atoms with Crippen LogP contribution >= 0.6 is 0 Å².